The Labute approximate surface area is 193 Å². The SMILES string of the molecule is Cc1cccc(C)c1NC(=O)C(Cc1c[nH]c2ccccc12)NC(=O)CCc1ccncc1. The monoisotopic (exact) mass is 440 g/mol. The molecule has 0 aliphatic rings. The normalized spacial score (nSPS) is 11.8. The van der Waals surface area contributed by atoms with Crippen LogP contribution in [0.4, 0.5) is 5.69 Å². The van der Waals surface area contributed by atoms with Crippen LogP contribution in [-0.2, 0) is 22.4 Å². The average Bonchev–Trinajstić information content (AvgIpc) is 3.23. The third kappa shape index (κ3) is 5.47. The minimum absolute atomic E-state index is 0.159. The quantitative estimate of drug-likeness (QED) is 0.378. The van der Waals surface area contributed by atoms with Gasteiger partial charge in [0.25, 0.3) is 0 Å². The first-order chi connectivity index (χ1) is 16.0. The maximum atomic E-state index is 13.3. The van der Waals surface area contributed by atoms with Gasteiger partial charge in [-0.3, -0.25) is 14.6 Å². The molecule has 6 heteroatoms. The highest BCUT2D eigenvalue weighted by atomic mass is 16.2. The number of H-pyrrole nitrogens is 1. The molecule has 0 bridgehead atoms. The number of pyridine rings is 1. The van der Waals surface area contributed by atoms with Gasteiger partial charge in [0.15, 0.2) is 0 Å². The number of hydrogen-bond acceptors (Lipinski definition) is 3. The lowest BCUT2D eigenvalue weighted by Gasteiger charge is -2.20. The van der Waals surface area contributed by atoms with Crippen molar-refractivity contribution in [3.05, 3.63) is 95.4 Å². The van der Waals surface area contributed by atoms with Crippen LogP contribution in [0.3, 0.4) is 0 Å². The fourth-order valence-corrected chi connectivity index (χ4v) is 4.03. The molecule has 168 valence electrons. The highest BCUT2D eigenvalue weighted by Crippen LogP contribution is 2.22. The second-order valence-electron chi connectivity index (χ2n) is 8.30. The zero-order chi connectivity index (χ0) is 23.2. The Kier molecular flexibility index (Phi) is 6.83. The van der Waals surface area contributed by atoms with Crippen LogP contribution in [-0.4, -0.2) is 27.8 Å². The number of fused-ring (bicyclic) bond motifs is 1. The van der Waals surface area contributed by atoms with E-state index in [1.165, 1.54) is 0 Å². The molecule has 2 amide bonds. The van der Waals surface area contributed by atoms with E-state index in [4.69, 9.17) is 0 Å². The molecule has 2 heterocycles. The van der Waals surface area contributed by atoms with Crippen molar-refractivity contribution >= 4 is 28.4 Å². The Morgan fingerprint density at radius 1 is 0.970 bits per heavy atom. The maximum absolute atomic E-state index is 13.3. The minimum atomic E-state index is -0.701. The molecule has 0 saturated heterocycles. The van der Waals surface area contributed by atoms with Gasteiger partial charge in [0, 0.05) is 48.0 Å². The van der Waals surface area contributed by atoms with E-state index < -0.39 is 6.04 Å². The summed E-state index contributed by atoms with van der Waals surface area (Å²) in [5.74, 6) is -0.386. The Morgan fingerprint density at radius 3 is 2.45 bits per heavy atom. The molecular weight excluding hydrogens is 412 g/mol. The predicted octanol–water partition coefficient (Wildman–Crippen LogP) is 4.48. The number of aryl methyl sites for hydroxylation is 3. The molecule has 3 N–H and O–H groups in total. The molecule has 1 atom stereocenters. The molecule has 2 aromatic heterocycles. The van der Waals surface area contributed by atoms with E-state index in [-0.39, 0.29) is 11.8 Å². The Morgan fingerprint density at radius 2 is 1.70 bits per heavy atom. The lowest BCUT2D eigenvalue weighted by molar-refractivity contribution is -0.126. The van der Waals surface area contributed by atoms with Crippen LogP contribution < -0.4 is 10.6 Å². The van der Waals surface area contributed by atoms with Gasteiger partial charge in [-0.1, -0.05) is 36.4 Å². The van der Waals surface area contributed by atoms with Crippen molar-refractivity contribution in [2.45, 2.75) is 39.2 Å². The van der Waals surface area contributed by atoms with Gasteiger partial charge in [-0.05, 0) is 60.7 Å². The molecule has 6 nitrogen and oxygen atoms in total. The van der Waals surface area contributed by atoms with Crippen molar-refractivity contribution in [1.29, 1.82) is 0 Å². The predicted molar refractivity (Wildman–Crippen MR) is 131 cm³/mol. The highest BCUT2D eigenvalue weighted by Gasteiger charge is 2.23. The van der Waals surface area contributed by atoms with Gasteiger partial charge in [0.1, 0.15) is 6.04 Å². The average molecular weight is 441 g/mol. The first-order valence-corrected chi connectivity index (χ1v) is 11.1. The van der Waals surface area contributed by atoms with Gasteiger partial charge < -0.3 is 15.6 Å². The number of amides is 2. The van der Waals surface area contributed by atoms with Gasteiger partial charge in [0.2, 0.25) is 11.8 Å². The highest BCUT2D eigenvalue weighted by molar-refractivity contribution is 5.99. The largest absolute Gasteiger partial charge is 0.361 e. The van der Waals surface area contributed by atoms with Gasteiger partial charge in [-0.25, -0.2) is 0 Å². The number of benzene rings is 2. The van der Waals surface area contributed by atoms with Crippen molar-refractivity contribution in [3.63, 3.8) is 0 Å². The standard InChI is InChI=1S/C27H28N4O2/c1-18-6-5-7-19(2)26(18)31-27(33)24(16-21-17-29-23-9-4-3-8-22(21)23)30-25(32)11-10-20-12-14-28-15-13-20/h3-9,12-15,17,24,29H,10-11,16H2,1-2H3,(H,30,32)(H,31,33). The smallest absolute Gasteiger partial charge is 0.247 e. The zero-order valence-electron chi connectivity index (χ0n) is 18.9. The fraction of sp³-hybridized carbons (Fsp3) is 0.222. The number of hydrogen-bond donors (Lipinski definition) is 3. The summed E-state index contributed by atoms with van der Waals surface area (Å²) in [6.45, 7) is 3.93. The third-order valence-electron chi connectivity index (χ3n) is 5.87. The van der Waals surface area contributed by atoms with Gasteiger partial charge in [-0.15, -0.1) is 0 Å². The van der Waals surface area contributed by atoms with E-state index in [9.17, 15) is 9.59 Å². The molecule has 1 unspecified atom stereocenters. The molecule has 33 heavy (non-hydrogen) atoms. The Balaban J connectivity index is 1.53. The molecule has 4 rings (SSSR count). The summed E-state index contributed by atoms with van der Waals surface area (Å²) in [6.07, 6.45) is 6.61. The van der Waals surface area contributed by atoms with E-state index in [1.54, 1.807) is 12.4 Å². The first kappa shape index (κ1) is 22.3. The lowest BCUT2D eigenvalue weighted by Crippen LogP contribution is -2.45. The van der Waals surface area contributed by atoms with Gasteiger partial charge in [0.05, 0.1) is 0 Å². The molecule has 0 aliphatic heterocycles. The van der Waals surface area contributed by atoms with Crippen molar-refractivity contribution in [2.75, 3.05) is 5.32 Å². The van der Waals surface area contributed by atoms with Crippen LogP contribution in [0.25, 0.3) is 10.9 Å². The summed E-state index contributed by atoms with van der Waals surface area (Å²) in [4.78, 5) is 33.4. The number of aromatic amines is 1. The van der Waals surface area contributed by atoms with E-state index >= 15 is 0 Å². The molecule has 0 radical (unpaired) electrons. The fourth-order valence-electron chi connectivity index (χ4n) is 4.03. The molecule has 0 aliphatic carbocycles. The first-order valence-electron chi connectivity index (χ1n) is 11.1. The number of para-hydroxylation sites is 2. The molecule has 4 aromatic rings. The van der Waals surface area contributed by atoms with Crippen LogP contribution >= 0.6 is 0 Å². The van der Waals surface area contributed by atoms with Crippen LogP contribution in [0.15, 0.2) is 73.2 Å². The summed E-state index contributed by atoms with van der Waals surface area (Å²) >= 11 is 0. The van der Waals surface area contributed by atoms with Crippen molar-refractivity contribution in [1.82, 2.24) is 15.3 Å². The molecule has 0 saturated carbocycles. The number of nitrogens with one attached hydrogen (secondary N) is 3. The number of carbonyl (C=O) groups is 2. The second-order valence-corrected chi connectivity index (χ2v) is 8.30. The maximum Gasteiger partial charge on any atom is 0.247 e. The van der Waals surface area contributed by atoms with Crippen LogP contribution in [0.5, 0.6) is 0 Å². The number of anilines is 1. The summed E-state index contributed by atoms with van der Waals surface area (Å²) < 4.78 is 0. The second kappa shape index (κ2) is 10.1. The van der Waals surface area contributed by atoms with Crippen molar-refractivity contribution in [3.8, 4) is 0 Å². The van der Waals surface area contributed by atoms with E-state index in [2.05, 4.69) is 20.6 Å². The van der Waals surface area contributed by atoms with Crippen LogP contribution in [0.2, 0.25) is 0 Å². The third-order valence-corrected chi connectivity index (χ3v) is 5.87. The number of nitrogens with zero attached hydrogens (tertiary/aromatic N) is 1. The van der Waals surface area contributed by atoms with E-state index in [0.717, 1.165) is 38.8 Å². The van der Waals surface area contributed by atoms with E-state index in [1.807, 2.05) is 74.6 Å². The van der Waals surface area contributed by atoms with Crippen molar-refractivity contribution < 1.29 is 9.59 Å². The zero-order valence-corrected chi connectivity index (χ0v) is 18.9. The lowest BCUT2D eigenvalue weighted by atomic mass is 10.0. The van der Waals surface area contributed by atoms with Gasteiger partial charge in [-0.2, -0.15) is 0 Å². The Bertz CT molecular complexity index is 1240. The molecule has 2 aromatic carbocycles. The molecule has 0 spiro atoms. The summed E-state index contributed by atoms with van der Waals surface area (Å²) in [5, 5.41) is 7.06. The molecular formula is C27H28N4O2. The minimum Gasteiger partial charge on any atom is -0.361 e. The van der Waals surface area contributed by atoms with Crippen LogP contribution in [0.1, 0.15) is 28.7 Å². The topological polar surface area (TPSA) is 86.9 Å². The number of carbonyl (C=O) groups excluding carboxylic acids is 2. The van der Waals surface area contributed by atoms with E-state index in [0.29, 0.717) is 19.3 Å². The summed E-state index contributed by atoms with van der Waals surface area (Å²) in [7, 11) is 0. The summed E-state index contributed by atoms with van der Waals surface area (Å²) in [6, 6.07) is 16.9. The Hall–Kier alpha value is -3.93. The molecule has 0 fully saturated rings. The number of aromatic nitrogens is 2. The van der Waals surface area contributed by atoms with Crippen LogP contribution in [0, 0.1) is 13.8 Å². The number of rotatable bonds is 8. The summed E-state index contributed by atoms with van der Waals surface area (Å²) in [5.41, 5.74) is 5.79. The van der Waals surface area contributed by atoms with Gasteiger partial charge >= 0.3 is 0 Å². The van der Waals surface area contributed by atoms with Crippen molar-refractivity contribution in [2.24, 2.45) is 0 Å².